The predicted octanol–water partition coefficient (Wildman–Crippen LogP) is 0.922. The number of likely N-dealkylation sites (N-methyl/N-ethyl adjacent to an activating group) is 1. The Labute approximate surface area is 212 Å². The normalized spacial score (nSPS) is 31.2. The Hall–Kier alpha value is -3.70. The molecule has 0 bridgehead atoms. The minimum Gasteiger partial charge on any atom is -0.510 e. The van der Waals surface area contributed by atoms with Crippen molar-refractivity contribution in [3.05, 3.63) is 51.5 Å². The van der Waals surface area contributed by atoms with Crippen LogP contribution in [0.25, 0.3) is 0 Å². The summed E-state index contributed by atoms with van der Waals surface area (Å²) < 4.78 is 5.77. The fourth-order valence-electron chi connectivity index (χ4n) is 6.07. The van der Waals surface area contributed by atoms with E-state index in [1.807, 2.05) is 0 Å². The summed E-state index contributed by atoms with van der Waals surface area (Å²) in [5.74, 6) is -9.62. The molecule has 1 aromatic carbocycles. The molecular formula is C26H30N2O9. The molecule has 1 amide bonds. The first-order valence-corrected chi connectivity index (χ1v) is 11.9. The molecule has 37 heavy (non-hydrogen) atoms. The Kier molecular flexibility index (Phi) is 6.20. The molecule has 0 spiro atoms. The number of fused-ring (bicyclic) bond motifs is 3. The van der Waals surface area contributed by atoms with Gasteiger partial charge in [0.2, 0.25) is 5.78 Å². The van der Waals surface area contributed by atoms with Crippen LogP contribution in [0.4, 0.5) is 0 Å². The second-order valence-corrected chi connectivity index (χ2v) is 10.1. The van der Waals surface area contributed by atoms with Gasteiger partial charge in [-0.2, -0.15) is 0 Å². The summed E-state index contributed by atoms with van der Waals surface area (Å²) in [5.41, 5.74) is 1.80. The van der Waals surface area contributed by atoms with Crippen molar-refractivity contribution in [2.75, 3.05) is 14.1 Å². The molecule has 0 saturated carbocycles. The maximum atomic E-state index is 13.8. The van der Waals surface area contributed by atoms with Crippen LogP contribution in [0.3, 0.4) is 0 Å². The van der Waals surface area contributed by atoms with Crippen LogP contribution < -0.4 is 5.73 Å². The van der Waals surface area contributed by atoms with E-state index in [1.54, 1.807) is 26.0 Å². The average Bonchev–Trinajstić information content (AvgIpc) is 2.82. The molecule has 0 heterocycles. The number of amides is 1. The van der Waals surface area contributed by atoms with Crippen molar-refractivity contribution >= 4 is 23.4 Å². The number of carbonyl (C=O) groups excluding carboxylic acids is 4. The number of ether oxygens (including phenoxy) is 1. The van der Waals surface area contributed by atoms with Crippen molar-refractivity contribution in [2.24, 2.45) is 17.6 Å². The third-order valence-corrected chi connectivity index (χ3v) is 7.86. The number of phenolic OH excluding ortho intramolecular Hbond substituents is 1. The van der Waals surface area contributed by atoms with Gasteiger partial charge >= 0.3 is 5.97 Å². The molecule has 4 rings (SSSR count). The molecule has 1 aromatic rings. The van der Waals surface area contributed by atoms with Crippen LogP contribution in [0.1, 0.15) is 47.7 Å². The highest BCUT2D eigenvalue weighted by Crippen LogP contribution is 2.56. The van der Waals surface area contributed by atoms with Crippen LogP contribution in [0.15, 0.2) is 34.8 Å². The van der Waals surface area contributed by atoms with E-state index in [9.17, 15) is 39.6 Å². The number of nitrogens with zero attached hydrogens (tertiary/aromatic N) is 1. The lowest BCUT2D eigenvalue weighted by Crippen LogP contribution is -2.69. The quantitative estimate of drug-likeness (QED) is 0.285. The lowest BCUT2D eigenvalue weighted by Gasteiger charge is -2.54. The predicted molar refractivity (Wildman–Crippen MR) is 129 cm³/mol. The number of primary amides is 1. The third kappa shape index (κ3) is 3.41. The Morgan fingerprint density at radius 3 is 2.32 bits per heavy atom. The summed E-state index contributed by atoms with van der Waals surface area (Å²) in [6, 6.07) is 1.97. The van der Waals surface area contributed by atoms with Crippen molar-refractivity contribution in [3.63, 3.8) is 0 Å². The Bertz CT molecular complexity index is 1310. The Morgan fingerprint density at radius 2 is 1.78 bits per heavy atom. The summed E-state index contributed by atoms with van der Waals surface area (Å²) >= 11 is 0. The lowest BCUT2D eigenvalue weighted by molar-refractivity contribution is -0.180. The zero-order valence-electron chi connectivity index (χ0n) is 21.1. The summed E-state index contributed by atoms with van der Waals surface area (Å²) in [4.78, 5) is 53.5. The van der Waals surface area contributed by atoms with Gasteiger partial charge in [-0.25, -0.2) is 0 Å². The monoisotopic (exact) mass is 514 g/mol. The molecule has 0 saturated heterocycles. The molecule has 198 valence electrons. The number of ketones is 2. The number of hydrogen-bond acceptors (Lipinski definition) is 10. The van der Waals surface area contributed by atoms with E-state index in [0.29, 0.717) is 11.1 Å². The number of aryl methyl sites for hydroxylation is 1. The van der Waals surface area contributed by atoms with Gasteiger partial charge in [-0.3, -0.25) is 24.1 Å². The minimum atomic E-state index is -2.94. The molecule has 0 unspecified atom stereocenters. The van der Waals surface area contributed by atoms with E-state index in [1.165, 1.54) is 25.9 Å². The van der Waals surface area contributed by atoms with E-state index in [0.717, 1.165) is 0 Å². The van der Waals surface area contributed by atoms with Crippen LogP contribution in [0.5, 0.6) is 5.75 Å². The van der Waals surface area contributed by atoms with Gasteiger partial charge in [0, 0.05) is 17.9 Å². The number of esters is 1. The number of benzene rings is 1. The molecular weight excluding hydrogens is 484 g/mol. The van der Waals surface area contributed by atoms with Gasteiger partial charge in [-0.15, -0.1) is 0 Å². The number of phenols is 1. The number of hydrogen-bond donors (Lipinski definition) is 5. The first-order chi connectivity index (χ1) is 17.2. The van der Waals surface area contributed by atoms with Gasteiger partial charge in [0.05, 0.1) is 17.5 Å². The number of Topliss-reactive ketones (excluding diaryl/α,β-unsaturated/α-hetero) is 2. The third-order valence-electron chi connectivity index (χ3n) is 7.86. The smallest absolute Gasteiger partial charge is 0.305 e. The standard InChI is InChI=1S/C26H30N2O9/c1-6-12(29)37-22-13-10(3)11-8-7-9(2)19(30)14(11)20(31)15(13)23(33)26(36)17(22)18(28(4)5)21(32)16(24(26)34)25(27)35/h7-8,10,13,17-18,22,30,32-33,36H,6H2,1-5H3,(H2,27,35)/t10-,13+,17+,18-,22-,26-/m0/s1. The SMILES string of the molecule is CCC(=O)O[C@H]1[C@H]2C(=C(O)[C@]3(O)C(=O)C(C(N)=O)=C(O)[C@@H](N(C)C)[C@H]13)C(=O)c1c(ccc(C)c1O)[C@@H]2C. The first-order valence-electron chi connectivity index (χ1n) is 11.9. The van der Waals surface area contributed by atoms with Crippen LogP contribution in [-0.4, -0.2) is 80.6 Å². The van der Waals surface area contributed by atoms with Gasteiger partial charge in [-0.05, 0) is 38.1 Å². The molecule has 3 aliphatic carbocycles. The number of aromatic hydroxyl groups is 1. The number of aliphatic hydroxyl groups excluding tert-OH is 2. The van der Waals surface area contributed by atoms with Gasteiger partial charge in [0.1, 0.15) is 28.9 Å². The molecule has 3 aliphatic rings. The van der Waals surface area contributed by atoms with Crippen LogP contribution in [0, 0.1) is 18.8 Å². The number of rotatable bonds is 4. The lowest BCUT2D eigenvalue weighted by atomic mass is 9.55. The van der Waals surface area contributed by atoms with E-state index >= 15 is 0 Å². The first kappa shape index (κ1) is 26.4. The Morgan fingerprint density at radius 1 is 1.16 bits per heavy atom. The van der Waals surface area contributed by atoms with Crippen LogP contribution in [0.2, 0.25) is 0 Å². The molecule has 6 N–H and O–H groups in total. The van der Waals surface area contributed by atoms with Gasteiger partial charge in [0.15, 0.2) is 11.4 Å². The van der Waals surface area contributed by atoms with Crippen LogP contribution in [-0.2, 0) is 19.1 Å². The van der Waals surface area contributed by atoms with E-state index in [2.05, 4.69) is 0 Å². The molecule has 6 atom stereocenters. The number of nitrogens with two attached hydrogens (primary N) is 1. The fourth-order valence-corrected chi connectivity index (χ4v) is 6.07. The highest BCUT2D eigenvalue weighted by atomic mass is 16.5. The maximum Gasteiger partial charge on any atom is 0.305 e. The summed E-state index contributed by atoms with van der Waals surface area (Å²) in [7, 11) is 2.99. The zero-order valence-corrected chi connectivity index (χ0v) is 21.1. The number of aliphatic hydroxyl groups is 3. The molecule has 0 fully saturated rings. The Balaban J connectivity index is 2.12. The van der Waals surface area contributed by atoms with Gasteiger partial charge in [0.25, 0.3) is 5.91 Å². The fraction of sp³-hybridized carbons (Fsp3) is 0.462. The molecule has 0 aliphatic heterocycles. The van der Waals surface area contributed by atoms with E-state index in [-0.39, 0.29) is 17.7 Å². The highest BCUT2D eigenvalue weighted by Gasteiger charge is 2.68. The molecule has 0 radical (unpaired) electrons. The minimum absolute atomic E-state index is 0.0762. The van der Waals surface area contributed by atoms with Gasteiger partial charge < -0.3 is 30.9 Å². The zero-order chi connectivity index (χ0) is 27.7. The van der Waals surface area contributed by atoms with Crippen molar-refractivity contribution < 1.29 is 44.3 Å². The topological polar surface area (TPSA) is 188 Å². The van der Waals surface area contributed by atoms with E-state index < -0.39 is 81.6 Å². The number of carbonyl (C=O) groups is 4. The molecule has 0 aromatic heterocycles. The largest absolute Gasteiger partial charge is 0.510 e. The molecule has 11 heteroatoms. The summed E-state index contributed by atoms with van der Waals surface area (Å²) in [6.45, 7) is 4.83. The maximum absolute atomic E-state index is 13.8. The van der Waals surface area contributed by atoms with E-state index in [4.69, 9.17) is 10.5 Å². The second kappa shape index (κ2) is 8.70. The van der Waals surface area contributed by atoms with Crippen molar-refractivity contribution in [3.8, 4) is 5.75 Å². The average molecular weight is 515 g/mol. The summed E-state index contributed by atoms with van der Waals surface area (Å²) in [6.07, 6.45) is -1.47. The van der Waals surface area contributed by atoms with Crippen molar-refractivity contribution in [1.29, 1.82) is 0 Å². The van der Waals surface area contributed by atoms with Gasteiger partial charge in [-0.1, -0.05) is 26.0 Å². The molecule has 11 nitrogen and oxygen atoms in total. The second-order valence-electron chi connectivity index (χ2n) is 10.1. The van der Waals surface area contributed by atoms with Crippen LogP contribution >= 0.6 is 0 Å². The highest BCUT2D eigenvalue weighted by molar-refractivity contribution is 6.25. The van der Waals surface area contributed by atoms with Crippen molar-refractivity contribution in [2.45, 2.75) is 50.9 Å². The van der Waals surface area contributed by atoms with Crippen molar-refractivity contribution in [1.82, 2.24) is 4.90 Å². The summed E-state index contributed by atoms with van der Waals surface area (Å²) in [5, 5.41) is 45.1.